The molecule has 0 radical (unpaired) electrons. The van der Waals surface area contributed by atoms with Gasteiger partial charge in [0.2, 0.25) is 0 Å². The van der Waals surface area contributed by atoms with E-state index < -0.39 is 12.2 Å². The predicted octanol–water partition coefficient (Wildman–Crippen LogP) is 0.888. The highest BCUT2D eigenvalue weighted by atomic mass is 79.9. The molecule has 2 atom stereocenters. The van der Waals surface area contributed by atoms with Crippen LogP contribution in [0.25, 0.3) is 0 Å². The Kier molecular flexibility index (Phi) is 6.20. The van der Waals surface area contributed by atoms with Gasteiger partial charge in [0.1, 0.15) is 0 Å². The van der Waals surface area contributed by atoms with Crippen LogP contribution in [0.15, 0.2) is 0 Å². The maximum Gasteiger partial charge on any atom is 0.0661 e. The minimum Gasteiger partial charge on any atom is -0.392 e. The second kappa shape index (κ2) is 5.65. The third-order valence-electron chi connectivity index (χ3n) is 0.900. The van der Waals surface area contributed by atoms with Crippen LogP contribution in [0.1, 0.15) is 6.42 Å². The van der Waals surface area contributed by atoms with E-state index in [1.807, 2.05) is 0 Å². The van der Waals surface area contributed by atoms with Crippen LogP contribution < -0.4 is 0 Å². The van der Waals surface area contributed by atoms with E-state index in [1.165, 1.54) is 0 Å². The molecule has 4 heteroatoms. The molecule has 0 fully saturated rings. The number of aliphatic hydroxyl groups excluding tert-OH is 2. The van der Waals surface area contributed by atoms with Crippen LogP contribution in [-0.4, -0.2) is 33.1 Å². The summed E-state index contributed by atoms with van der Waals surface area (Å²) in [6.07, 6.45) is -0.439. The van der Waals surface area contributed by atoms with E-state index >= 15 is 0 Å². The van der Waals surface area contributed by atoms with Gasteiger partial charge >= 0.3 is 0 Å². The van der Waals surface area contributed by atoms with Crippen LogP contribution in [0.4, 0.5) is 0 Å². The minimum absolute atomic E-state index is 0.427. The van der Waals surface area contributed by atoms with Crippen LogP contribution in [0.3, 0.4) is 0 Å². The molecule has 0 spiro atoms. The maximum absolute atomic E-state index is 8.93. The largest absolute Gasteiger partial charge is 0.392 e. The molecular formula is C5H10Br2O2. The normalized spacial score (nSPS) is 17.3. The third kappa shape index (κ3) is 5.33. The van der Waals surface area contributed by atoms with E-state index in [9.17, 15) is 0 Å². The van der Waals surface area contributed by atoms with Crippen LogP contribution in [-0.2, 0) is 0 Å². The Morgan fingerprint density at radius 3 is 1.56 bits per heavy atom. The van der Waals surface area contributed by atoms with Crippen molar-refractivity contribution in [3.63, 3.8) is 0 Å². The Balaban J connectivity index is 3.22. The van der Waals surface area contributed by atoms with Gasteiger partial charge < -0.3 is 10.2 Å². The van der Waals surface area contributed by atoms with Crippen LogP contribution in [0.2, 0.25) is 0 Å². The fourth-order valence-electron chi connectivity index (χ4n) is 0.440. The zero-order valence-electron chi connectivity index (χ0n) is 4.93. The lowest BCUT2D eigenvalue weighted by atomic mass is 10.2. The molecule has 0 bridgehead atoms. The van der Waals surface area contributed by atoms with E-state index in [1.54, 1.807) is 0 Å². The number of alkyl halides is 2. The summed E-state index contributed by atoms with van der Waals surface area (Å²) in [4.78, 5) is 0. The minimum atomic E-state index is -0.433. The van der Waals surface area contributed by atoms with E-state index in [4.69, 9.17) is 10.2 Å². The fraction of sp³-hybridized carbons (Fsp3) is 1.00. The molecule has 0 saturated carbocycles. The molecule has 0 aliphatic heterocycles. The summed E-state index contributed by atoms with van der Waals surface area (Å²) >= 11 is 6.19. The Morgan fingerprint density at radius 1 is 1.00 bits per heavy atom. The van der Waals surface area contributed by atoms with Crippen molar-refractivity contribution >= 4 is 31.9 Å². The highest BCUT2D eigenvalue weighted by molar-refractivity contribution is 9.09. The van der Waals surface area contributed by atoms with Gasteiger partial charge in [-0.1, -0.05) is 31.9 Å². The SMILES string of the molecule is OC(CBr)CC(O)CBr. The smallest absolute Gasteiger partial charge is 0.0661 e. The highest BCUT2D eigenvalue weighted by Crippen LogP contribution is 2.03. The van der Waals surface area contributed by atoms with Gasteiger partial charge in [-0.15, -0.1) is 0 Å². The average Bonchev–Trinajstić information content (AvgIpc) is 1.87. The molecule has 56 valence electrons. The number of hydrogen-bond acceptors (Lipinski definition) is 2. The van der Waals surface area contributed by atoms with Gasteiger partial charge in [0, 0.05) is 17.1 Å². The Labute approximate surface area is 71.5 Å². The quantitative estimate of drug-likeness (QED) is 0.738. The van der Waals surface area contributed by atoms with Crippen molar-refractivity contribution in [3.8, 4) is 0 Å². The van der Waals surface area contributed by atoms with Gasteiger partial charge in [0.25, 0.3) is 0 Å². The number of rotatable bonds is 4. The van der Waals surface area contributed by atoms with Crippen molar-refractivity contribution in [3.05, 3.63) is 0 Å². The summed E-state index contributed by atoms with van der Waals surface area (Å²) in [5.74, 6) is 0. The molecule has 0 heterocycles. The highest BCUT2D eigenvalue weighted by Gasteiger charge is 2.08. The lowest BCUT2D eigenvalue weighted by molar-refractivity contribution is 0.108. The zero-order valence-corrected chi connectivity index (χ0v) is 8.10. The summed E-state index contributed by atoms with van der Waals surface area (Å²) in [6, 6.07) is 0. The molecule has 0 aliphatic carbocycles. The van der Waals surface area contributed by atoms with Gasteiger partial charge in [0.15, 0.2) is 0 Å². The molecule has 2 nitrogen and oxygen atoms in total. The van der Waals surface area contributed by atoms with Crippen molar-refractivity contribution in [1.82, 2.24) is 0 Å². The lowest BCUT2D eigenvalue weighted by Crippen LogP contribution is -2.19. The Bertz CT molecular complexity index is 62.0. The van der Waals surface area contributed by atoms with Crippen LogP contribution >= 0.6 is 31.9 Å². The molecule has 0 amide bonds. The molecule has 0 aromatic heterocycles. The predicted molar refractivity (Wildman–Crippen MR) is 44.2 cm³/mol. The topological polar surface area (TPSA) is 40.5 Å². The van der Waals surface area contributed by atoms with E-state index in [0.717, 1.165) is 0 Å². The van der Waals surface area contributed by atoms with Gasteiger partial charge in [-0.25, -0.2) is 0 Å². The van der Waals surface area contributed by atoms with Crippen molar-refractivity contribution in [1.29, 1.82) is 0 Å². The zero-order chi connectivity index (χ0) is 7.28. The van der Waals surface area contributed by atoms with Crippen LogP contribution in [0, 0.1) is 0 Å². The Morgan fingerprint density at radius 2 is 1.33 bits per heavy atom. The molecule has 0 aromatic rings. The van der Waals surface area contributed by atoms with Crippen molar-refractivity contribution in [2.45, 2.75) is 18.6 Å². The molecule has 0 aromatic carbocycles. The van der Waals surface area contributed by atoms with Gasteiger partial charge in [-0.2, -0.15) is 0 Å². The van der Waals surface area contributed by atoms with Crippen molar-refractivity contribution in [2.24, 2.45) is 0 Å². The number of halogens is 2. The second-order valence-corrected chi connectivity index (χ2v) is 3.15. The van der Waals surface area contributed by atoms with Gasteiger partial charge in [-0.3, -0.25) is 0 Å². The molecule has 2 N–H and O–H groups in total. The molecule has 0 rings (SSSR count). The summed E-state index contributed by atoms with van der Waals surface area (Å²) in [7, 11) is 0. The van der Waals surface area contributed by atoms with Crippen molar-refractivity contribution in [2.75, 3.05) is 10.7 Å². The first-order valence-corrected chi connectivity index (χ1v) is 4.93. The molecule has 0 aliphatic rings. The summed E-state index contributed by atoms with van der Waals surface area (Å²) in [6.45, 7) is 0. The monoisotopic (exact) mass is 260 g/mol. The first kappa shape index (κ1) is 9.88. The fourth-order valence-corrected chi connectivity index (χ4v) is 0.969. The van der Waals surface area contributed by atoms with Crippen LogP contribution in [0.5, 0.6) is 0 Å². The first-order chi connectivity index (χ1) is 4.20. The second-order valence-electron chi connectivity index (χ2n) is 1.85. The van der Waals surface area contributed by atoms with Crippen molar-refractivity contribution < 1.29 is 10.2 Å². The molecule has 2 unspecified atom stereocenters. The molecular weight excluding hydrogens is 252 g/mol. The summed E-state index contributed by atoms with van der Waals surface area (Å²) in [5, 5.41) is 18.9. The standard InChI is InChI=1S/C5H10Br2O2/c6-2-4(8)1-5(9)3-7/h4-5,8-9H,1-3H2. The average molecular weight is 262 g/mol. The summed E-state index contributed by atoms with van der Waals surface area (Å²) in [5.41, 5.74) is 0. The number of hydrogen-bond donors (Lipinski definition) is 2. The lowest BCUT2D eigenvalue weighted by Gasteiger charge is -2.09. The Hall–Kier alpha value is 0.880. The molecule has 9 heavy (non-hydrogen) atoms. The summed E-state index contributed by atoms with van der Waals surface area (Å²) < 4.78 is 0. The number of aliphatic hydroxyl groups is 2. The van der Waals surface area contributed by atoms with E-state index in [0.29, 0.717) is 17.1 Å². The molecule has 0 saturated heterocycles. The van der Waals surface area contributed by atoms with Gasteiger partial charge in [0.05, 0.1) is 12.2 Å². The first-order valence-electron chi connectivity index (χ1n) is 2.68. The van der Waals surface area contributed by atoms with Gasteiger partial charge in [-0.05, 0) is 0 Å². The maximum atomic E-state index is 8.93. The van der Waals surface area contributed by atoms with E-state index in [-0.39, 0.29) is 0 Å². The third-order valence-corrected chi connectivity index (χ3v) is 2.40. The van der Waals surface area contributed by atoms with E-state index in [2.05, 4.69) is 31.9 Å².